The summed E-state index contributed by atoms with van der Waals surface area (Å²) in [5.74, 6) is 2.86. The van der Waals surface area contributed by atoms with Crippen LogP contribution in [-0.4, -0.2) is 40.8 Å². The van der Waals surface area contributed by atoms with Gasteiger partial charge in [-0.1, -0.05) is 13.8 Å². The number of anilines is 2. The van der Waals surface area contributed by atoms with Gasteiger partial charge in [-0.05, 0) is 13.3 Å². The van der Waals surface area contributed by atoms with Crippen molar-refractivity contribution in [2.45, 2.75) is 38.7 Å². The molecule has 0 saturated carbocycles. The quantitative estimate of drug-likeness (QED) is 0.853. The van der Waals surface area contributed by atoms with Gasteiger partial charge in [0.05, 0.1) is 5.60 Å². The van der Waals surface area contributed by atoms with Crippen molar-refractivity contribution >= 4 is 11.6 Å². The number of nitrogens with zero attached hydrogens (tertiary/aromatic N) is 3. The number of rotatable bonds is 3. The molecule has 0 radical (unpaired) electrons. The van der Waals surface area contributed by atoms with Gasteiger partial charge in [0.15, 0.2) is 0 Å². The summed E-state index contributed by atoms with van der Waals surface area (Å²) in [6, 6.07) is 1.94. The van der Waals surface area contributed by atoms with Crippen molar-refractivity contribution in [1.29, 1.82) is 0 Å². The van der Waals surface area contributed by atoms with E-state index in [-0.39, 0.29) is 0 Å². The summed E-state index contributed by atoms with van der Waals surface area (Å²) >= 11 is 0. The Morgan fingerprint density at radius 1 is 1.44 bits per heavy atom. The number of hydrogen-bond donors (Lipinski definition) is 2. The molecule has 1 aromatic rings. The van der Waals surface area contributed by atoms with Crippen LogP contribution in [0.5, 0.6) is 0 Å². The van der Waals surface area contributed by atoms with E-state index in [1.165, 1.54) is 0 Å². The third kappa shape index (κ3) is 2.72. The monoisotopic (exact) mass is 250 g/mol. The van der Waals surface area contributed by atoms with Gasteiger partial charge in [-0.3, -0.25) is 0 Å². The summed E-state index contributed by atoms with van der Waals surface area (Å²) in [6.07, 6.45) is 0.781. The molecule has 0 amide bonds. The van der Waals surface area contributed by atoms with Gasteiger partial charge >= 0.3 is 0 Å². The first-order valence-electron chi connectivity index (χ1n) is 6.45. The van der Waals surface area contributed by atoms with E-state index in [0.717, 1.165) is 30.4 Å². The summed E-state index contributed by atoms with van der Waals surface area (Å²) in [5.41, 5.74) is -0.608. The van der Waals surface area contributed by atoms with Crippen LogP contribution in [0.15, 0.2) is 6.07 Å². The van der Waals surface area contributed by atoms with E-state index in [0.29, 0.717) is 12.5 Å². The van der Waals surface area contributed by atoms with Crippen molar-refractivity contribution in [1.82, 2.24) is 9.97 Å². The molecule has 1 aliphatic heterocycles. The minimum Gasteiger partial charge on any atom is -0.388 e. The van der Waals surface area contributed by atoms with E-state index >= 15 is 0 Å². The molecule has 0 bridgehead atoms. The zero-order valence-corrected chi connectivity index (χ0v) is 11.6. The Labute approximate surface area is 108 Å². The van der Waals surface area contributed by atoms with Crippen LogP contribution in [0, 0.1) is 0 Å². The van der Waals surface area contributed by atoms with Crippen LogP contribution in [0.3, 0.4) is 0 Å². The van der Waals surface area contributed by atoms with E-state index in [4.69, 9.17) is 0 Å². The van der Waals surface area contributed by atoms with Crippen LogP contribution in [-0.2, 0) is 0 Å². The maximum absolute atomic E-state index is 10.0. The maximum atomic E-state index is 10.0. The van der Waals surface area contributed by atoms with E-state index in [1.54, 1.807) is 0 Å². The first-order valence-corrected chi connectivity index (χ1v) is 6.45. The molecular weight excluding hydrogens is 228 g/mol. The second-order valence-electron chi connectivity index (χ2n) is 5.54. The Morgan fingerprint density at radius 2 is 2.17 bits per heavy atom. The zero-order valence-electron chi connectivity index (χ0n) is 11.6. The lowest BCUT2D eigenvalue weighted by Crippen LogP contribution is -2.30. The fourth-order valence-electron chi connectivity index (χ4n) is 2.14. The highest BCUT2D eigenvalue weighted by molar-refractivity contribution is 5.50. The normalized spacial score (nSPS) is 23.8. The standard InChI is InChI=1S/C13H22N4O/c1-9(2)12-15-10(14-4)7-11(16-12)17-6-5-13(3,18)8-17/h7,9,18H,5-6,8H2,1-4H3,(H,14,15,16). The first-order chi connectivity index (χ1) is 8.41. The van der Waals surface area contributed by atoms with Crippen LogP contribution in [0.1, 0.15) is 38.9 Å². The molecule has 1 fully saturated rings. The van der Waals surface area contributed by atoms with Crippen LogP contribution in [0.25, 0.3) is 0 Å². The topological polar surface area (TPSA) is 61.3 Å². The molecule has 1 unspecified atom stereocenters. The predicted octanol–water partition coefficient (Wildman–Crippen LogP) is 1.60. The van der Waals surface area contributed by atoms with E-state index in [9.17, 15) is 5.11 Å². The highest BCUT2D eigenvalue weighted by atomic mass is 16.3. The van der Waals surface area contributed by atoms with Gasteiger partial charge in [0, 0.05) is 32.1 Å². The van der Waals surface area contributed by atoms with Crippen LogP contribution < -0.4 is 10.2 Å². The molecule has 1 saturated heterocycles. The smallest absolute Gasteiger partial charge is 0.135 e. The molecule has 0 aliphatic carbocycles. The number of β-amino-alcohol motifs (C(OH)–C–C–N with tert-alkyl or cyclic N) is 1. The van der Waals surface area contributed by atoms with Crippen molar-refractivity contribution in [3.05, 3.63) is 11.9 Å². The third-order valence-corrected chi connectivity index (χ3v) is 3.28. The number of aromatic nitrogens is 2. The Morgan fingerprint density at radius 3 is 2.67 bits per heavy atom. The molecular formula is C13H22N4O. The van der Waals surface area contributed by atoms with E-state index in [2.05, 4.69) is 34.0 Å². The number of nitrogens with one attached hydrogen (secondary N) is 1. The van der Waals surface area contributed by atoms with Crippen molar-refractivity contribution in [2.75, 3.05) is 30.4 Å². The molecule has 0 spiro atoms. The Hall–Kier alpha value is -1.36. The van der Waals surface area contributed by atoms with Gasteiger partial charge in [0.2, 0.25) is 0 Å². The molecule has 1 aromatic heterocycles. The lowest BCUT2D eigenvalue weighted by atomic mass is 10.1. The average Bonchev–Trinajstić information content (AvgIpc) is 2.69. The number of aliphatic hydroxyl groups is 1. The zero-order chi connectivity index (χ0) is 13.3. The summed E-state index contributed by atoms with van der Waals surface area (Å²) in [6.45, 7) is 7.50. The molecule has 1 aliphatic rings. The summed E-state index contributed by atoms with van der Waals surface area (Å²) in [4.78, 5) is 11.2. The predicted molar refractivity (Wildman–Crippen MR) is 73.1 cm³/mol. The highest BCUT2D eigenvalue weighted by Crippen LogP contribution is 2.27. The molecule has 5 nitrogen and oxygen atoms in total. The largest absolute Gasteiger partial charge is 0.388 e. The van der Waals surface area contributed by atoms with Crippen LogP contribution >= 0.6 is 0 Å². The lowest BCUT2D eigenvalue weighted by molar-refractivity contribution is 0.0839. The van der Waals surface area contributed by atoms with Gasteiger partial charge in [-0.15, -0.1) is 0 Å². The van der Waals surface area contributed by atoms with Crippen molar-refractivity contribution in [3.8, 4) is 0 Å². The number of hydrogen-bond acceptors (Lipinski definition) is 5. The van der Waals surface area contributed by atoms with Gasteiger partial charge < -0.3 is 15.3 Å². The van der Waals surface area contributed by atoms with Crippen molar-refractivity contribution < 1.29 is 5.11 Å². The fraction of sp³-hybridized carbons (Fsp3) is 0.692. The molecule has 5 heteroatoms. The first kappa shape index (κ1) is 13.1. The minimum atomic E-state index is -0.608. The molecule has 1 atom stereocenters. The Bertz CT molecular complexity index is 431. The Balaban J connectivity index is 2.30. The maximum Gasteiger partial charge on any atom is 0.135 e. The second kappa shape index (κ2) is 4.72. The molecule has 2 N–H and O–H groups in total. The molecule has 2 heterocycles. The van der Waals surface area contributed by atoms with Crippen molar-refractivity contribution in [3.63, 3.8) is 0 Å². The minimum absolute atomic E-state index is 0.292. The second-order valence-corrected chi connectivity index (χ2v) is 5.54. The molecule has 100 valence electrons. The fourth-order valence-corrected chi connectivity index (χ4v) is 2.14. The third-order valence-electron chi connectivity index (χ3n) is 3.28. The molecule has 0 aromatic carbocycles. The Kier molecular flexibility index (Phi) is 3.43. The van der Waals surface area contributed by atoms with E-state index < -0.39 is 5.60 Å². The van der Waals surface area contributed by atoms with Gasteiger partial charge in [0.25, 0.3) is 0 Å². The SMILES string of the molecule is CNc1cc(N2CCC(C)(O)C2)nc(C(C)C)n1. The van der Waals surface area contributed by atoms with Gasteiger partial charge in [-0.25, -0.2) is 9.97 Å². The average molecular weight is 250 g/mol. The van der Waals surface area contributed by atoms with Gasteiger partial charge in [0.1, 0.15) is 17.5 Å². The van der Waals surface area contributed by atoms with Crippen LogP contribution in [0.2, 0.25) is 0 Å². The molecule has 18 heavy (non-hydrogen) atoms. The van der Waals surface area contributed by atoms with E-state index in [1.807, 2.05) is 20.0 Å². The van der Waals surface area contributed by atoms with Crippen molar-refractivity contribution in [2.24, 2.45) is 0 Å². The lowest BCUT2D eigenvalue weighted by Gasteiger charge is -2.21. The molecule has 2 rings (SSSR count). The van der Waals surface area contributed by atoms with Gasteiger partial charge in [-0.2, -0.15) is 0 Å². The summed E-state index contributed by atoms with van der Waals surface area (Å²) in [7, 11) is 1.86. The summed E-state index contributed by atoms with van der Waals surface area (Å²) < 4.78 is 0. The summed E-state index contributed by atoms with van der Waals surface area (Å²) in [5, 5.41) is 13.1. The van der Waals surface area contributed by atoms with Crippen LogP contribution in [0.4, 0.5) is 11.6 Å². The highest BCUT2D eigenvalue weighted by Gasteiger charge is 2.32.